The van der Waals surface area contributed by atoms with E-state index in [0.717, 1.165) is 11.6 Å². The van der Waals surface area contributed by atoms with Gasteiger partial charge in [-0.1, -0.05) is 18.2 Å². The van der Waals surface area contributed by atoms with Crippen LogP contribution in [0.1, 0.15) is 35.8 Å². The fourth-order valence-electron chi connectivity index (χ4n) is 2.52. The summed E-state index contributed by atoms with van der Waals surface area (Å²) in [6, 6.07) is 6.87. The summed E-state index contributed by atoms with van der Waals surface area (Å²) in [5.41, 5.74) is 9.45. The highest BCUT2D eigenvalue weighted by Crippen LogP contribution is 2.39. The van der Waals surface area contributed by atoms with Gasteiger partial charge < -0.3 is 10.3 Å². The molecule has 0 bridgehead atoms. The first-order valence-electron chi connectivity index (χ1n) is 6.42. The van der Waals surface area contributed by atoms with E-state index in [4.69, 9.17) is 5.73 Å². The second-order valence-electron chi connectivity index (χ2n) is 5.01. The van der Waals surface area contributed by atoms with Crippen LogP contribution in [-0.4, -0.2) is 14.8 Å². The van der Waals surface area contributed by atoms with Crippen LogP contribution in [0.15, 0.2) is 18.2 Å². The molecule has 0 saturated heterocycles. The number of hydrogen-bond donors (Lipinski definition) is 1. The lowest BCUT2D eigenvalue weighted by molar-refractivity contribution is 0.687. The molecule has 0 radical (unpaired) electrons. The first-order chi connectivity index (χ1) is 8.72. The van der Waals surface area contributed by atoms with Crippen molar-refractivity contribution in [1.82, 2.24) is 14.8 Å². The molecule has 0 aliphatic heterocycles. The van der Waals surface area contributed by atoms with Gasteiger partial charge in [0.05, 0.1) is 6.54 Å². The summed E-state index contributed by atoms with van der Waals surface area (Å²) >= 11 is 0. The minimum absolute atomic E-state index is 0.453. The Morgan fingerprint density at radius 1 is 1.22 bits per heavy atom. The van der Waals surface area contributed by atoms with Crippen molar-refractivity contribution < 1.29 is 0 Å². The fraction of sp³-hybridized carbons (Fsp3) is 0.429. The van der Waals surface area contributed by atoms with Gasteiger partial charge in [0.15, 0.2) is 5.82 Å². The van der Waals surface area contributed by atoms with Crippen molar-refractivity contribution in [1.29, 1.82) is 0 Å². The van der Waals surface area contributed by atoms with E-state index in [1.54, 1.807) is 0 Å². The molecule has 1 aromatic carbocycles. The first-order valence-corrected chi connectivity index (χ1v) is 6.42. The Bertz CT molecular complexity index is 561. The van der Waals surface area contributed by atoms with Gasteiger partial charge in [0, 0.05) is 11.6 Å². The number of nitrogens with two attached hydrogens (primary N) is 1. The number of nitrogens with zero attached hydrogens (tertiary/aromatic N) is 3. The molecule has 1 aliphatic carbocycles. The Labute approximate surface area is 107 Å². The average molecular weight is 242 g/mol. The van der Waals surface area contributed by atoms with Gasteiger partial charge in [-0.3, -0.25) is 0 Å². The van der Waals surface area contributed by atoms with Crippen molar-refractivity contribution in [2.45, 2.75) is 39.3 Å². The minimum atomic E-state index is 0.453. The molecule has 1 heterocycles. The van der Waals surface area contributed by atoms with Gasteiger partial charge in [-0.2, -0.15) is 0 Å². The Kier molecular flexibility index (Phi) is 2.67. The molecule has 1 saturated carbocycles. The molecule has 18 heavy (non-hydrogen) atoms. The maximum atomic E-state index is 5.76. The molecule has 2 N–H and O–H groups in total. The van der Waals surface area contributed by atoms with Crippen molar-refractivity contribution in [2.24, 2.45) is 5.73 Å². The molecule has 2 aromatic rings. The highest BCUT2D eigenvalue weighted by molar-refractivity contribution is 5.65. The molecule has 1 aliphatic rings. The summed E-state index contributed by atoms with van der Waals surface area (Å²) in [5.74, 6) is 1.88. The Balaban J connectivity index is 2.20. The Morgan fingerprint density at radius 2 is 1.89 bits per heavy atom. The third-order valence-corrected chi connectivity index (χ3v) is 3.57. The minimum Gasteiger partial charge on any atom is -0.324 e. The van der Waals surface area contributed by atoms with Gasteiger partial charge in [-0.15, -0.1) is 10.2 Å². The normalized spacial score (nSPS) is 15.1. The van der Waals surface area contributed by atoms with Crippen molar-refractivity contribution in [3.8, 4) is 11.4 Å². The summed E-state index contributed by atoms with van der Waals surface area (Å²) < 4.78 is 2.23. The van der Waals surface area contributed by atoms with Crippen LogP contribution in [0.2, 0.25) is 0 Å². The first kappa shape index (κ1) is 11.4. The lowest BCUT2D eigenvalue weighted by Gasteiger charge is -2.12. The highest BCUT2D eigenvalue weighted by Gasteiger charge is 2.30. The van der Waals surface area contributed by atoms with Gasteiger partial charge in [0.25, 0.3) is 0 Å². The van der Waals surface area contributed by atoms with E-state index in [1.807, 2.05) is 0 Å². The average Bonchev–Trinajstić information content (AvgIpc) is 3.10. The lowest BCUT2D eigenvalue weighted by atomic mass is 10.0. The van der Waals surface area contributed by atoms with E-state index in [9.17, 15) is 0 Å². The molecule has 0 spiro atoms. The predicted molar refractivity (Wildman–Crippen MR) is 71.1 cm³/mol. The number of aromatic nitrogens is 3. The Morgan fingerprint density at radius 3 is 2.44 bits per heavy atom. The van der Waals surface area contributed by atoms with E-state index in [-0.39, 0.29) is 0 Å². The summed E-state index contributed by atoms with van der Waals surface area (Å²) in [5, 5.41) is 8.62. The van der Waals surface area contributed by atoms with Gasteiger partial charge in [-0.05, 0) is 37.8 Å². The SMILES string of the molecule is Cc1cccc(C)c1-c1nnc(CN)n1C1CC1. The largest absolute Gasteiger partial charge is 0.324 e. The van der Waals surface area contributed by atoms with Crippen molar-refractivity contribution in [3.05, 3.63) is 35.2 Å². The molecular weight excluding hydrogens is 224 g/mol. The van der Waals surface area contributed by atoms with E-state index in [0.29, 0.717) is 12.6 Å². The van der Waals surface area contributed by atoms with Crippen molar-refractivity contribution >= 4 is 0 Å². The smallest absolute Gasteiger partial charge is 0.164 e. The second-order valence-corrected chi connectivity index (χ2v) is 5.01. The monoisotopic (exact) mass is 242 g/mol. The van der Waals surface area contributed by atoms with Crippen LogP contribution in [0.5, 0.6) is 0 Å². The Hall–Kier alpha value is -1.68. The lowest BCUT2D eigenvalue weighted by Crippen LogP contribution is -2.08. The van der Waals surface area contributed by atoms with Crippen LogP contribution in [0.4, 0.5) is 0 Å². The van der Waals surface area contributed by atoms with Crippen LogP contribution >= 0.6 is 0 Å². The molecule has 0 unspecified atom stereocenters. The topological polar surface area (TPSA) is 56.7 Å². The summed E-state index contributed by atoms with van der Waals surface area (Å²) in [7, 11) is 0. The summed E-state index contributed by atoms with van der Waals surface area (Å²) in [6.45, 7) is 4.70. The van der Waals surface area contributed by atoms with E-state index < -0.39 is 0 Å². The molecular formula is C14H18N4. The molecule has 1 aromatic heterocycles. The van der Waals surface area contributed by atoms with Gasteiger partial charge in [-0.25, -0.2) is 0 Å². The zero-order valence-electron chi connectivity index (χ0n) is 10.8. The van der Waals surface area contributed by atoms with Gasteiger partial charge in [0.2, 0.25) is 0 Å². The zero-order valence-corrected chi connectivity index (χ0v) is 10.8. The van der Waals surface area contributed by atoms with Gasteiger partial charge >= 0.3 is 0 Å². The van der Waals surface area contributed by atoms with Crippen LogP contribution < -0.4 is 5.73 Å². The number of rotatable bonds is 3. The fourth-order valence-corrected chi connectivity index (χ4v) is 2.52. The molecule has 0 amide bonds. The molecule has 1 fully saturated rings. The van der Waals surface area contributed by atoms with Crippen LogP contribution in [-0.2, 0) is 6.54 Å². The zero-order chi connectivity index (χ0) is 12.7. The van der Waals surface area contributed by atoms with Crippen molar-refractivity contribution in [2.75, 3.05) is 0 Å². The maximum absolute atomic E-state index is 5.76. The third kappa shape index (κ3) is 1.73. The van der Waals surface area contributed by atoms with Crippen LogP contribution in [0.25, 0.3) is 11.4 Å². The molecule has 94 valence electrons. The molecule has 3 rings (SSSR count). The number of hydrogen-bond acceptors (Lipinski definition) is 3. The second kappa shape index (κ2) is 4.21. The van der Waals surface area contributed by atoms with E-state index >= 15 is 0 Å². The van der Waals surface area contributed by atoms with Crippen LogP contribution in [0, 0.1) is 13.8 Å². The van der Waals surface area contributed by atoms with E-state index in [1.165, 1.54) is 29.5 Å². The molecule has 4 nitrogen and oxygen atoms in total. The number of aryl methyl sites for hydroxylation is 2. The van der Waals surface area contributed by atoms with E-state index in [2.05, 4.69) is 46.8 Å². The quantitative estimate of drug-likeness (QED) is 0.898. The highest BCUT2D eigenvalue weighted by atomic mass is 15.3. The standard InChI is InChI=1S/C14H18N4/c1-9-4-3-5-10(2)13(9)14-17-16-12(8-15)18(14)11-6-7-11/h3-5,11H,6-8,15H2,1-2H3. The maximum Gasteiger partial charge on any atom is 0.164 e. The summed E-state index contributed by atoms with van der Waals surface area (Å²) in [6.07, 6.45) is 2.42. The predicted octanol–water partition coefficient (Wildman–Crippen LogP) is 2.36. The van der Waals surface area contributed by atoms with Crippen molar-refractivity contribution in [3.63, 3.8) is 0 Å². The molecule has 0 atom stereocenters. The summed E-state index contributed by atoms with van der Waals surface area (Å²) in [4.78, 5) is 0. The molecule has 4 heteroatoms. The van der Waals surface area contributed by atoms with Gasteiger partial charge in [0.1, 0.15) is 5.82 Å². The number of benzene rings is 1. The third-order valence-electron chi connectivity index (χ3n) is 3.57. The van der Waals surface area contributed by atoms with Crippen LogP contribution in [0.3, 0.4) is 0 Å².